The molecule has 0 aromatic rings. The largest absolute Gasteiger partial charge is 0.444 e. The molecule has 0 aromatic heterocycles. The van der Waals surface area contributed by atoms with Crippen molar-refractivity contribution in [3.05, 3.63) is 12.7 Å². The summed E-state index contributed by atoms with van der Waals surface area (Å²) in [4.78, 5) is 13.1. The zero-order chi connectivity index (χ0) is 16.1. The number of hydrogen-bond acceptors (Lipinski definition) is 5. The minimum absolute atomic E-state index is 0.346. The van der Waals surface area contributed by atoms with E-state index in [1.54, 1.807) is 13.1 Å². The van der Waals surface area contributed by atoms with Crippen molar-refractivity contribution in [3.63, 3.8) is 0 Å². The maximum atomic E-state index is 11.7. The molecule has 6 heteroatoms. The van der Waals surface area contributed by atoms with Gasteiger partial charge in [0.25, 0.3) is 0 Å². The Bertz CT molecular complexity index is 288. The predicted octanol–water partition coefficient (Wildman–Crippen LogP) is 2.09. The van der Waals surface area contributed by atoms with Crippen molar-refractivity contribution < 1.29 is 23.7 Å². The summed E-state index contributed by atoms with van der Waals surface area (Å²) < 4.78 is 21.1. The van der Waals surface area contributed by atoms with Crippen molar-refractivity contribution >= 4 is 6.09 Å². The maximum absolute atomic E-state index is 11.7. The maximum Gasteiger partial charge on any atom is 0.410 e. The zero-order valence-corrected chi connectivity index (χ0v) is 13.7. The van der Waals surface area contributed by atoms with Gasteiger partial charge in [0.15, 0.2) is 0 Å². The highest BCUT2D eigenvalue weighted by Crippen LogP contribution is 2.08. The lowest BCUT2D eigenvalue weighted by atomic mass is 10.2. The molecule has 0 aromatic carbocycles. The number of carbonyl (C=O) groups is 1. The Morgan fingerprint density at radius 3 is 2.10 bits per heavy atom. The molecule has 0 N–H and O–H groups in total. The number of hydrogen-bond donors (Lipinski definition) is 0. The summed E-state index contributed by atoms with van der Waals surface area (Å²) in [6.45, 7) is 12.6. The van der Waals surface area contributed by atoms with Gasteiger partial charge in [0, 0.05) is 13.6 Å². The van der Waals surface area contributed by atoms with Gasteiger partial charge >= 0.3 is 6.09 Å². The molecule has 0 spiro atoms. The first-order valence-electron chi connectivity index (χ1n) is 7.15. The third-order valence-corrected chi connectivity index (χ3v) is 2.26. The molecule has 0 aliphatic heterocycles. The number of rotatable bonds is 11. The summed E-state index contributed by atoms with van der Waals surface area (Å²) >= 11 is 0. The SMILES string of the molecule is C=CCOCCOCCOCCN(C)C(=O)OC(C)(C)C. The average Bonchev–Trinajstić information content (AvgIpc) is 2.38. The van der Waals surface area contributed by atoms with Gasteiger partial charge in [-0.2, -0.15) is 0 Å². The molecule has 0 atom stereocenters. The first kappa shape index (κ1) is 19.9. The van der Waals surface area contributed by atoms with E-state index in [1.165, 1.54) is 4.90 Å². The van der Waals surface area contributed by atoms with Crippen molar-refractivity contribution in [1.29, 1.82) is 0 Å². The number of ether oxygens (including phenoxy) is 4. The van der Waals surface area contributed by atoms with Crippen LogP contribution in [0.15, 0.2) is 12.7 Å². The molecule has 0 saturated carbocycles. The monoisotopic (exact) mass is 303 g/mol. The summed E-state index contributed by atoms with van der Waals surface area (Å²) in [5, 5.41) is 0. The fourth-order valence-corrected chi connectivity index (χ4v) is 1.24. The highest BCUT2D eigenvalue weighted by Gasteiger charge is 2.19. The van der Waals surface area contributed by atoms with Crippen LogP contribution in [0.5, 0.6) is 0 Å². The summed E-state index contributed by atoms with van der Waals surface area (Å²) in [5.41, 5.74) is -0.478. The molecule has 0 radical (unpaired) electrons. The van der Waals surface area contributed by atoms with Gasteiger partial charge < -0.3 is 23.8 Å². The van der Waals surface area contributed by atoms with Crippen LogP contribution in [0, 0.1) is 0 Å². The van der Waals surface area contributed by atoms with Crippen molar-refractivity contribution in [3.8, 4) is 0 Å². The third-order valence-electron chi connectivity index (χ3n) is 2.26. The van der Waals surface area contributed by atoms with Crippen LogP contribution in [0.3, 0.4) is 0 Å². The standard InChI is InChI=1S/C15H29NO5/c1-6-8-18-10-12-20-13-11-19-9-7-16(5)14(17)21-15(2,3)4/h6H,1,7-13H2,2-5H3. The van der Waals surface area contributed by atoms with Gasteiger partial charge in [0.1, 0.15) is 5.60 Å². The highest BCUT2D eigenvalue weighted by atomic mass is 16.6. The fraction of sp³-hybridized carbons (Fsp3) is 0.800. The summed E-state index contributed by atoms with van der Waals surface area (Å²) in [6.07, 6.45) is 1.35. The number of nitrogens with zero attached hydrogens (tertiary/aromatic N) is 1. The van der Waals surface area contributed by atoms with E-state index >= 15 is 0 Å². The van der Waals surface area contributed by atoms with Crippen LogP contribution in [-0.4, -0.2) is 69.8 Å². The van der Waals surface area contributed by atoms with Gasteiger partial charge in [-0.15, -0.1) is 6.58 Å². The third kappa shape index (κ3) is 13.6. The van der Waals surface area contributed by atoms with Crippen LogP contribution >= 0.6 is 0 Å². The van der Waals surface area contributed by atoms with Crippen LogP contribution in [-0.2, 0) is 18.9 Å². The number of amides is 1. The van der Waals surface area contributed by atoms with Crippen LogP contribution in [0.4, 0.5) is 4.79 Å². The van der Waals surface area contributed by atoms with E-state index in [4.69, 9.17) is 18.9 Å². The first-order chi connectivity index (χ1) is 9.87. The topological polar surface area (TPSA) is 57.2 Å². The number of likely N-dealkylation sites (N-methyl/N-ethyl adjacent to an activating group) is 1. The van der Waals surface area contributed by atoms with Gasteiger partial charge in [-0.05, 0) is 20.8 Å². The smallest absolute Gasteiger partial charge is 0.410 e. The van der Waals surface area contributed by atoms with E-state index < -0.39 is 5.60 Å². The molecule has 0 bridgehead atoms. The minimum Gasteiger partial charge on any atom is -0.444 e. The van der Waals surface area contributed by atoms with Gasteiger partial charge in [-0.25, -0.2) is 4.79 Å². The van der Waals surface area contributed by atoms with Gasteiger partial charge in [-0.3, -0.25) is 0 Å². The molecule has 1 amide bonds. The van der Waals surface area contributed by atoms with Crippen LogP contribution in [0.25, 0.3) is 0 Å². The molecule has 0 heterocycles. The van der Waals surface area contributed by atoms with E-state index in [2.05, 4.69) is 6.58 Å². The van der Waals surface area contributed by atoms with E-state index in [0.29, 0.717) is 46.2 Å². The lowest BCUT2D eigenvalue weighted by Crippen LogP contribution is -2.36. The molecule has 0 unspecified atom stereocenters. The van der Waals surface area contributed by atoms with Crippen molar-refractivity contribution in [1.82, 2.24) is 4.90 Å². The Kier molecular flexibility index (Phi) is 10.9. The van der Waals surface area contributed by atoms with E-state index in [0.717, 1.165) is 0 Å². The zero-order valence-electron chi connectivity index (χ0n) is 13.7. The van der Waals surface area contributed by atoms with E-state index in [-0.39, 0.29) is 6.09 Å². The Balaban J connectivity index is 3.42. The van der Waals surface area contributed by atoms with Crippen LogP contribution in [0.1, 0.15) is 20.8 Å². The quantitative estimate of drug-likeness (QED) is 0.432. The first-order valence-corrected chi connectivity index (χ1v) is 7.15. The lowest BCUT2D eigenvalue weighted by molar-refractivity contribution is 0.00733. The molecular formula is C15H29NO5. The number of carbonyl (C=O) groups excluding carboxylic acids is 1. The van der Waals surface area contributed by atoms with Crippen molar-refractivity contribution in [2.45, 2.75) is 26.4 Å². The Labute approximate surface area is 128 Å². The van der Waals surface area contributed by atoms with Crippen LogP contribution < -0.4 is 0 Å². The summed E-state index contributed by atoms with van der Waals surface area (Å²) in [5.74, 6) is 0. The average molecular weight is 303 g/mol. The molecular weight excluding hydrogens is 274 g/mol. The molecule has 0 aliphatic carbocycles. The Hall–Kier alpha value is -1.11. The molecule has 0 aliphatic rings. The molecule has 124 valence electrons. The fourth-order valence-electron chi connectivity index (χ4n) is 1.24. The summed E-state index contributed by atoms with van der Waals surface area (Å²) in [6, 6.07) is 0. The van der Waals surface area contributed by atoms with Crippen molar-refractivity contribution in [2.24, 2.45) is 0 Å². The highest BCUT2D eigenvalue weighted by molar-refractivity contribution is 5.67. The van der Waals surface area contributed by atoms with E-state index in [9.17, 15) is 4.79 Å². The molecule has 21 heavy (non-hydrogen) atoms. The van der Waals surface area contributed by atoms with Crippen LogP contribution in [0.2, 0.25) is 0 Å². The van der Waals surface area contributed by atoms with E-state index in [1.807, 2.05) is 20.8 Å². The Morgan fingerprint density at radius 1 is 1.05 bits per heavy atom. The minimum atomic E-state index is -0.478. The molecule has 6 nitrogen and oxygen atoms in total. The second-order valence-electron chi connectivity index (χ2n) is 5.49. The van der Waals surface area contributed by atoms with Gasteiger partial charge in [-0.1, -0.05) is 6.08 Å². The summed E-state index contributed by atoms with van der Waals surface area (Å²) in [7, 11) is 1.69. The normalized spacial score (nSPS) is 11.2. The second kappa shape index (κ2) is 11.5. The second-order valence-corrected chi connectivity index (χ2v) is 5.49. The van der Waals surface area contributed by atoms with Gasteiger partial charge in [0.2, 0.25) is 0 Å². The Morgan fingerprint density at radius 2 is 1.57 bits per heavy atom. The molecule has 0 rings (SSSR count). The predicted molar refractivity (Wildman–Crippen MR) is 81.5 cm³/mol. The lowest BCUT2D eigenvalue weighted by Gasteiger charge is -2.24. The molecule has 0 fully saturated rings. The molecule has 0 saturated heterocycles. The van der Waals surface area contributed by atoms with Gasteiger partial charge in [0.05, 0.1) is 39.6 Å². The van der Waals surface area contributed by atoms with Crippen molar-refractivity contribution in [2.75, 3.05) is 53.2 Å².